The van der Waals surface area contributed by atoms with Gasteiger partial charge in [0, 0.05) is 31.9 Å². The van der Waals surface area contributed by atoms with Crippen molar-refractivity contribution in [1.82, 2.24) is 4.90 Å². The molecule has 0 aromatic heterocycles. The van der Waals surface area contributed by atoms with Crippen molar-refractivity contribution in [2.24, 2.45) is 0 Å². The van der Waals surface area contributed by atoms with Gasteiger partial charge in [-0.25, -0.2) is 4.79 Å². The zero-order valence-electron chi connectivity index (χ0n) is 8.87. The van der Waals surface area contributed by atoms with Crippen LogP contribution in [0.2, 0.25) is 0 Å². The van der Waals surface area contributed by atoms with Gasteiger partial charge in [-0.3, -0.25) is 0 Å². The van der Waals surface area contributed by atoms with Crippen molar-refractivity contribution in [3.63, 3.8) is 0 Å². The maximum Gasteiger partial charge on any atom is 0.407 e. The van der Waals surface area contributed by atoms with E-state index in [1.165, 1.54) is 10.6 Å². The van der Waals surface area contributed by atoms with E-state index in [1.54, 1.807) is 0 Å². The third kappa shape index (κ3) is 2.79. The fourth-order valence-corrected chi connectivity index (χ4v) is 1.79. The minimum atomic E-state index is -0.817. The van der Waals surface area contributed by atoms with Crippen LogP contribution in [-0.4, -0.2) is 42.3 Å². The number of hydrogen-bond acceptors (Lipinski definition) is 2. The molecule has 1 amide bonds. The number of halogens is 1. The number of anilines is 1. The Balaban J connectivity index is 0.00000128. The van der Waals surface area contributed by atoms with E-state index in [9.17, 15) is 4.79 Å². The Morgan fingerprint density at radius 3 is 2.12 bits per heavy atom. The van der Waals surface area contributed by atoms with E-state index in [-0.39, 0.29) is 12.4 Å². The van der Waals surface area contributed by atoms with Gasteiger partial charge in [0.15, 0.2) is 0 Å². The fraction of sp³-hybridized carbons (Fsp3) is 0.364. The van der Waals surface area contributed by atoms with E-state index >= 15 is 0 Å². The minimum Gasteiger partial charge on any atom is -0.465 e. The molecule has 0 spiro atoms. The first-order chi connectivity index (χ1) is 7.27. The minimum absolute atomic E-state index is 0. The van der Waals surface area contributed by atoms with Crippen molar-refractivity contribution in [1.29, 1.82) is 0 Å². The highest BCUT2D eigenvalue weighted by Crippen LogP contribution is 2.15. The Kier molecular flexibility index (Phi) is 4.43. The standard InChI is InChI=1S/C11H14N2O2.ClH/c14-11(15)13-8-6-12(7-9-13)10-4-2-1-3-5-10;/h1-5H,6-9H2,(H,14,15);1H. The number of para-hydroxylation sites is 1. The van der Waals surface area contributed by atoms with E-state index in [4.69, 9.17) is 5.11 Å². The SMILES string of the molecule is Cl.O=C(O)N1CCN(c2ccccc2)CC1. The van der Waals surface area contributed by atoms with Crippen molar-refractivity contribution in [3.05, 3.63) is 30.3 Å². The first-order valence-electron chi connectivity index (χ1n) is 5.05. The quantitative estimate of drug-likeness (QED) is 0.818. The topological polar surface area (TPSA) is 43.8 Å². The number of nitrogens with zero attached hydrogens (tertiary/aromatic N) is 2. The van der Waals surface area contributed by atoms with E-state index < -0.39 is 6.09 Å². The summed E-state index contributed by atoms with van der Waals surface area (Å²) in [4.78, 5) is 14.4. The highest BCUT2D eigenvalue weighted by Gasteiger charge is 2.19. The summed E-state index contributed by atoms with van der Waals surface area (Å²) < 4.78 is 0. The lowest BCUT2D eigenvalue weighted by molar-refractivity contribution is 0.142. The Labute approximate surface area is 101 Å². The molecular formula is C11H15ClN2O2. The van der Waals surface area contributed by atoms with Gasteiger partial charge in [0.1, 0.15) is 0 Å². The number of amides is 1. The van der Waals surface area contributed by atoms with Crippen LogP contribution in [0, 0.1) is 0 Å². The second kappa shape index (κ2) is 5.61. The van der Waals surface area contributed by atoms with Crippen molar-refractivity contribution >= 4 is 24.2 Å². The van der Waals surface area contributed by atoms with E-state index in [2.05, 4.69) is 17.0 Å². The summed E-state index contributed by atoms with van der Waals surface area (Å²) in [6.45, 7) is 2.72. The van der Waals surface area contributed by atoms with Crippen LogP contribution in [0.1, 0.15) is 0 Å². The maximum atomic E-state index is 10.7. The molecule has 88 valence electrons. The molecule has 0 bridgehead atoms. The molecule has 16 heavy (non-hydrogen) atoms. The molecule has 1 N–H and O–H groups in total. The smallest absolute Gasteiger partial charge is 0.407 e. The van der Waals surface area contributed by atoms with Crippen molar-refractivity contribution < 1.29 is 9.90 Å². The van der Waals surface area contributed by atoms with Gasteiger partial charge in [0.25, 0.3) is 0 Å². The van der Waals surface area contributed by atoms with Crippen LogP contribution in [0.4, 0.5) is 10.5 Å². The molecule has 4 nitrogen and oxygen atoms in total. The number of benzene rings is 1. The van der Waals surface area contributed by atoms with Crippen molar-refractivity contribution in [2.75, 3.05) is 31.1 Å². The summed E-state index contributed by atoms with van der Waals surface area (Å²) in [5, 5.41) is 8.80. The second-order valence-electron chi connectivity index (χ2n) is 3.59. The monoisotopic (exact) mass is 242 g/mol. The van der Waals surface area contributed by atoms with Crippen LogP contribution >= 0.6 is 12.4 Å². The predicted molar refractivity (Wildman–Crippen MR) is 65.5 cm³/mol. The summed E-state index contributed by atoms with van der Waals surface area (Å²) in [6, 6.07) is 10.1. The molecule has 5 heteroatoms. The number of rotatable bonds is 1. The molecular weight excluding hydrogens is 228 g/mol. The molecule has 1 aliphatic rings. The Morgan fingerprint density at radius 1 is 1.06 bits per heavy atom. The van der Waals surface area contributed by atoms with Crippen molar-refractivity contribution in [2.45, 2.75) is 0 Å². The van der Waals surface area contributed by atoms with Gasteiger partial charge >= 0.3 is 6.09 Å². The summed E-state index contributed by atoms with van der Waals surface area (Å²) in [5.41, 5.74) is 1.17. The largest absolute Gasteiger partial charge is 0.465 e. The lowest BCUT2D eigenvalue weighted by Crippen LogP contribution is -2.48. The molecule has 1 aromatic rings. The fourth-order valence-electron chi connectivity index (χ4n) is 1.79. The van der Waals surface area contributed by atoms with Crippen molar-refractivity contribution in [3.8, 4) is 0 Å². The molecule has 0 atom stereocenters. The summed E-state index contributed by atoms with van der Waals surface area (Å²) in [7, 11) is 0. The Hall–Kier alpha value is -1.42. The van der Waals surface area contributed by atoms with Gasteiger partial charge < -0.3 is 14.9 Å². The third-order valence-electron chi connectivity index (χ3n) is 2.67. The van der Waals surface area contributed by atoms with Gasteiger partial charge in [0.2, 0.25) is 0 Å². The Morgan fingerprint density at radius 2 is 1.62 bits per heavy atom. The number of carboxylic acid groups (broad SMARTS) is 1. The molecule has 1 heterocycles. The summed E-state index contributed by atoms with van der Waals surface area (Å²) >= 11 is 0. The number of carbonyl (C=O) groups is 1. The molecule has 1 aromatic carbocycles. The summed E-state index contributed by atoms with van der Waals surface area (Å²) in [6.07, 6.45) is -0.817. The van der Waals surface area contributed by atoms with Crippen LogP contribution in [0.15, 0.2) is 30.3 Å². The molecule has 0 saturated carbocycles. The molecule has 2 rings (SSSR count). The maximum absolute atomic E-state index is 10.7. The van der Waals surface area contributed by atoms with Crippen LogP contribution in [-0.2, 0) is 0 Å². The number of hydrogen-bond donors (Lipinski definition) is 1. The van der Waals surface area contributed by atoms with Gasteiger partial charge in [-0.05, 0) is 12.1 Å². The molecule has 0 aliphatic carbocycles. The number of piperazine rings is 1. The highest BCUT2D eigenvalue weighted by atomic mass is 35.5. The lowest BCUT2D eigenvalue weighted by Gasteiger charge is -2.34. The Bertz CT molecular complexity index is 337. The van der Waals surface area contributed by atoms with Gasteiger partial charge in [-0.15, -0.1) is 12.4 Å². The van der Waals surface area contributed by atoms with E-state index in [0.717, 1.165) is 13.1 Å². The predicted octanol–water partition coefficient (Wildman–Crippen LogP) is 1.91. The van der Waals surface area contributed by atoms with Gasteiger partial charge in [-0.1, -0.05) is 18.2 Å². The first-order valence-corrected chi connectivity index (χ1v) is 5.05. The molecule has 1 aliphatic heterocycles. The molecule has 0 unspecified atom stereocenters. The van der Waals surface area contributed by atoms with E-state index in [1.807, 2.05) is 18.2 Å². The molecule has 0 radical (unpaired) electrons. The molecule has 1 saturated heterocycles. The van der Waals surface area contributed by atoms with Gasteiger partial charge in [-0.2, -0.15) is 0 Å². The zero-order chi connectivity index (χ0) is 10.7. The second-order valence-corrected chi connectivity index (χ2v) is 3.59. The average Bonchev–Trinajstić information content (AvgIpc) is 2.30. The molecule has 1 fully saturated rings. The van der Waals surface area contributed by atoms with Crippen LogP contribution in [0.3, 0.4) is 0 Å². The highest BCUT2D eigenvalue weighted by molar-refractivity contribution is 5.85. The van der Waals surface area contributed by atoms with Crippen LogP contribution in [0.5, 0.6) is 0 Å². The van der Waals surface area contributed by atoms with Crippen LogP contribution in [0.25, 0.3) is 0 Å². The van der Waals surface area contributed by atoms with Gasteiger partial charge in [0.05, 0.1) is 0 Å². The summed E-state index contributed by atoms with van der Waals surface area (Å²) in [5.74, 6) is 0. The average molecular weight is 243 g/mol. The van der Waals surface area contributed by atoms with E-state index in [0.29, 0.717) is 13.1 Å². The third-order valence-corrected chi connectivity index (χ3v) is 2.67. The van der Waals surface area contributed by atoms with Crippen LogP contribution < -0.4 is 4.90 Å². The zero-order valence-corrected chi connectivity index (χ0v) is 9.69. The first kappa shape index (κ1) is 12.6. The normalized spacial score (nSPS) is 15.5. The lowest BCUT2D eigenvalue weighted by atomic mass is 10.2.